The van der Waals surface area contributed by atoms with Gasteiger partial charge in [0.1, 0.15) is 5.69 Å². The molecule has 31 heavy (non-hydrogen) atoms. The average molecular weight is 575 g/mol. The molecular weight excluding hydrogens is 555 g/mol. The van der Waals surface area contributed by atoms with Crippen molar-refractivity contribution in [3.05, 3.63) is 62.3 Å². The third-order valence-corrected chi connectivity index (χ3v) is 7.47. The third-order valence-electron chi connectivity index (χ3n) is 4.93. The highest BCUT2D eigenvalue weighted by molar-refractivity contribution is 14.1. The van der Waals surface area contributed by atoms with E-state index in [0.717, 1.165) is 27.1 Å². The molecule has 0 saturated carbocycles. The first-order valence-corrected chi connectivity index (χ1v) is 12.3. The maximum atomic E-state index is 12.9. The van der Waals surface area contributed by atoms with Crippen LogP contribution in [0.1, 0.15) is 29.0 Å². The number of fused-ring (bicyclic) bond motifs is 1. The first-order valence-electron chi connectivity index (χ1n) is 9.18. The lowest BCUT2D eigenvalue weighted by Gasteiger charge is -2.15. The largest absolute Gasteiger partial charge is 0.468 e. The predicted octanol–water partition coefficient (Wildman–Crippen LogP) is 3.87. The number of carbonyl (C=O) groups is 2. The molecule has 0 aliphatic carbocycles. The van der Waals surface area contributed by atoms with E-state index in [1.165, 1.54) is 12.1 Å². The van der Waals surface area contributed by atoms with Crippen LogP contribution < -0.4 is 5.32 Å². The zero-order valence-electron chi connectivity index (χ0n) is 17.0. The number of carbonyl (C=O) groups excluding carboxylic acids is 2. The number of esters is 1. The second-order valence-corrected chi connectivity index (χ2v) is 10.7. The summed E-state index contributed by atoms with van der Waals surface area (Å²) in [5.41, 5.74) is 2.04. The van der Waals surface area contributed by atoms with Gasteiger partial charge in [-0.15, -0.1) is 0 Å². The Labute approximate surface area is 198 Å². The summed E-state index contributed by atoms with van der Waals surface area (Å²) in [6.45, 7) is 1.80. The molecule has 0 saturated heterocycles. The zero-order valence-corrected chi connectivity index (χ0v) is 20.7. The molecule has 0 spiro atoms. The van der Waals surface area contributed by atoms with Crippen molar-refractivity contribution < 1.29 is 22.7 Å². The molecule has 1 heterocycles. The Bertz CT molecular complexity index is 1270. The van der Waals surface area contributed by atoms with Gasteiger partial charge in [0.2, 0.25) is 0 Å². The van der Waals surface area contributed by atoms with Crippen molar-refractivity contribution in [2.24, 2.45) is 7.05 Å². The number of benzene rings is 2. The molecule has 164 valence electrons. The maximum absolute atomic E-state index is 12.9. The Morgan fingerprint density at radius 3 is 2.45 bits per heavy atom. The molecule has 1 amide bonds. The topological polar surface area (TPSA) is 94.5 Å². The first kappa shape index (κ1) is 23.6. The highest BCUT2D eigenvalue weighted by Crippen LogP contribution is 2.29. The monoisotopic (exact) mass is 574 g/mol. The summed E-state index contributed by atoms with van der Waals surface area (Å²) in [6, 6.07) is 11.2. The number of ether oxygens (including phenoxy) is 1. The third kappa shape index (κ3) is 5.04. The van der Waals surface area contributed by atoms with Gasteiger partial charge in [0, 0.05) is 16.0 Å². The normalized spacial score (nSPS) is 12.5. The summed E-state index contributed by atoms with van der Waals surface area (Å²) in [4.78, 5) is 24.2. The molecule has 1 aromatic heterocycles. The number of amides is 1. The predicted molar refractivity (Wildman–Crippen MR) is 127 cm³/mol. The van der Waals surface area contributed by atoms with Crippen LogP contribution in [-0.2, 0) is 26.4 Å². The minimum atomic E-state index is -3.79. The number of halogens is 2. The Kier molecular flexibility index (Phi) is 6.97. The van der Waals surface area contributed by atoms with E-state index in [0.29, 0.717) is 10.7 Å². The van der Waals surface area contributed by atoms with Crippen LogP contribution in [0, 0.1) is 3.57 Å². The fourth-order valence-electron chi connectivity index (χ4n) is 3.19. The molecular formula is C21H20ClIN2O5S. The summed E-state index contributed by atoms with van der Waals surface area (Å²) in [5, 5.41) is 4.29. The Hall–Kier alpha value is -2.11. The molecule has 0 bridgehead atoms. The smallest absolute Gasteiger partial charge is 0.321 e. The average Bonchev–Trinajstić information content (AvgIpc) is 3.04. The van der Waals surface area contributed by atoms with Gasteiger partial charge in [-0.2, -0.15) is 0 Å². The molecule has 1 atom stereocenters. The minimum absolute atomic E-state index is 0.0121. The summed E-state index contributed by atoms with van der Waals surface area (Å²) >= 11 is 8.49. The first-order chi connectivity index (χ1) is 14.5. The van der Waals surface area contributed by atoms with Crippen LogP contribution in [0.2, 0.25) is 5.02 Å². The number of aromatic nitrogens is 1. The van der Waals surface area contributed by atoms with Crippen molar-refractivity contribution in [1.82, 2.24) is 9.88 Å². The second kappa shape index (κ2) is 9.17. The van der Waals surface area contributed by atoms with Gasteiger partial charge in [-0.3, -0.25) is 9.59 Å². The van der Waals surface area contributed by atoms with Gasteiger partial charge < -0.3 is 14.6 Å². The lowest BCUT2D eigenvalue weighted by atomic mass is 10.1. The number of aryl methyl sites for hydroxylation is 1. The molecule has 0 aliphatic heterocycles. The SMILES string of the molecule is COC(=O)CS(=O)(=O)c1ccc([C@@H](C)NC(=O)c2cc3c(Cl)cc(I)cc3n2C)cc1. The van der Waals surface area contributed by atoms with Crippen molar-refractivity contribution in [2.75, 3.05) is 12.9 Å². The van der Waals surface area contributed by atoms with Crippen molar-refractivity contribution in [1.29, 1.82) is 0 Å². The van der Waals surface area contributed by atoms with E-state index >= 15 is 0 Å². The highest BCUT2D eigenvalue weighted by Gasteiger charge is 2.21. The van der Waals surface area contributed by atoms with Crippen molar-refractivity contribution in [2.45, 2.75) is 17.9 Å². The van der Waals surface area contributed by atoms with E-state index in [2.05, 4.69) is 32.6 Å². The molecule has 3 aromatic rings. The van der Waals surface area contributed by atoms with Crippen molar-refractivity contribution in [3.8, 4) is 0 Å². The molecule has 0 aliphatic rings. The van der Waals surface area contributed by atoms with Gasteiger partial charge in [0.25, 0.3) is 5.91 Å². The van der Waals surface area contributed by atoms with Gasteiger partial charge in [0.15, 0.2) is 15.6 Å². The molecule has 10 heteroatoms. The Morgan fingerprint density at radius 2 is 1.84 bits per heavy atom. The minimum Gasteiger partial charge on any atom is -0.468 e. The number of rotatable bonds is 6. The van der Waals surface area contributed by atoms with Crippen LogP contribution in [0.15, 0.2) is 47.4 Å². The number of nitrogens with zero attached hydrogens (tertiary/aromatic N) is 1. The van der Waals surface area contributed by atoms with Gasteiger partial charge in [-0.1, -0.05) is 23.7 Å². The van der Waals surface area contributed by atoms with E-state index in [1.54, 1.807) is 36.7 Å². The molecule has 0 radical (unpaired) electrons. The molecule has 1 N–H and O–H groups in total. The summed E-state index contributed by atoms with van der Waals surface area (Å²) in [7, 11) is -0.851. The molecule has 2 aromatic carbocycles. The number of hydrogen-bond donors (Lipinski definition) is 1. The quantitative estimate of drug-likeness (QED) is 0.356. The number of methoxy groups -OCH3 is 1. The van der Waals surface area contributed by atoms with Gasteiger partial charge in [0.05, 0.1) is 28.6 Å². The van der Waals surface area contributed by atoms with Gasteiger partial charge >= 0.3 is 5.97 Å². The van der Waals surface area contributed by atoms with Gasteiger partial charge in [-0.05, 0) is 65.4 Å². The molecule has 7 nitrogen and oxygen atoms in total. The second-order valence-electron chi connectivity index (χ2n) is 7.01. The summed E-state index contributed by atoms with van der Waals surface area (Å²) in [5.74, 6) is -1.83. The van der Waals surface area contributed by atoms with E-state index < -0.39 is 21.6 Å². The Morgan fingerprint density at radius 1 is 1.19 bits per heavy atom. The van der Waals surface area contributed by atoms with Crippen LogP contribution in [-0.4, -0.2) is 37.7 Å². The Balaban J connectivity index is 1.79. The van der Waals surface area contributed by atoms with Gasteiger partial charge in [-0.25, -0.2) is 8.42 Å². The molecule has 0 fully saturated rings. The fraction of sp³-hybridized carbons (Fsp3) is 0.238. The van der Waals surface area contributed by atoms with Crippen LogP contribution >= 0.6 is 34.2 Å². The highest BCUT2D eigenvalue weighted by atomic mass is 127. The summed E-state index contributed by atoms with van der Waals surface area (Å²) < 4.78 is 31.7. The van der Waals surface area contributed by atoms with Crippen LogP contribution in [0.25, 0.3) is 10.9 Å². The van der Waals surface area contributed by atoms with Crippen molar-refractivity contribution >= 4 is 66.8 Å². The van der Waals surface area contributed by atoms with Crippen molar-refractivity contribution in [3.63, 3.8) is 0 Å². The standard InChI is InChI=1S/C21H20ClIN2O5S/c1-12(13-4-6-15(7-5-13)31(28,29)11-20(26)30-3)24-21(27)19-10-16-17(22)8-14(23)9-18(16)25(19)2/h4-10,12H,11H2,1-3H3,(H,24,27)/t12-/m1/s1. The lowest BCUT2D eigenvalue weighted by Crippen LogP contribution is -2.28. The van der Waals surface area contributed by atoms with Crippen LogP contribution in [0.3, 0.4) is 0 Å². The van der Waals surface area contributed by atoms with E-state index in [9.17, 15) is 18.0 Å². The number of nitrogens with one attached hydrogen (secondary N) is 1. The zero-order chi connectivity index (χ0) is 22.9. The van der Waals surface area contributed by atoms with Crippen LogP contribution in [0.5, 0.6) is 0 Å². The van der Waals surface area contributed by atoms with Crippen LogP contribution in [0.4, 0.5) is 0 Å². The molecule has 3 rings (SSSR count). The maximum Gasteiger partial charge on any atom is 0.321 e. The fourth-order valence-corrected chi connectivity index (χ4v) is 5.39. The lowest BCUT2D eigenvalue weighted by molar-refractivity contribution is -0.137. The molecule has 0 unspecified atom stereocenters. The summed E-state index contributed by atoms with van der Waals surface area (Å²) in [6.07, 6.45) is 0. The van der Waals surface area contributed by atoms with E-state index in [4.69, 9.17) is 11.6 Å². The van der Waals surface area contributed by atoms with E-state index in [1.807, 2.05) is 12.1 Å². The van der Waals surface area contributed by atoms with E-state index in [-0.39, 0.29) is 16.8 Å². The number of sulfone groups is 1. The number of hydrogen-bond acceptors (Lipinski definition) is 5.